The molecule has 2 saturated heterocycles. The van der Waals surface area contributed by atoms with Crippen LogP contribution in [0.15, 0.2) is 60.6 Å². The number of ether oxygens (including phenoxy) is 4. The van der Waals surface area contributed by atoms with Crippen molar-refractivity contribution in [2.75, 3.05) is 64.4 Å². The Labute approximate surface area is 280 Å². The van der Waals surface area contributed by atoms with Crippen molar-refractivity contribution in [1.29, 1.82) is 0 Å². The first kappa shape index (κ1) is 33.1. The monoisotopic (exact) mass is 676 g/mol. The molecule has 2 aliphatic rings. The van der Waals surface area contributed by atoms with Gasteiger partial charge in [0.15, 0.2) is 23.0 Å². The quantitative estimate of drug-likeness (QED) is 0.134. The topological polar surface area (TPSA) is 130 Å². The summed E-state index contributed by atoms with van der Waals surface area (Å²) < 4.78 is 45.9. The first-order valence-corrected chi connectivity index (χ1v) is 17.2. The lowest BCUT2D eigenvalue weighted by molar-refractivity contribution is 0.350. The van der Waals surface area contributed by atoms with Crippen LogP contribution >= 0.6 is 8.25 Å². The lowest BCUT2D eigenvalue weighted by Gasteiger charge is -2.23. The number of fused-ring (bicyclic) bond motifs is 2. The smallest absolute Gasteiger partial charge is 0.417 e. The second-order valence-electron chi connectivity index (χ2n) is 11.6. The third-order valence-electron chi connectivity index (χ3n) is 8.74. The lowest BCUT2D eigenvalue weighted by Crippen LogP contribution is -2.25. The van der Waals surface area contributed by atoms with E-state index in [1.165, 1.54) is 0 Å². The molecule has 13 nitrogen and oxygen atoms in total. The van der Waals surface area contributed by atoms with Crippen LogP contribution in [-0.4, -0.2) is 74.6 Å². The van der Waals surface area contributed by atoms with Crippen LogP contribution < -0.4 is 28.7 Å². The van der Waals surface area contributed by atoms with Gasteiger partial charge < -0.3 is 37.8 Å². The molecule has 0 radical (unpaired) electrons. The summed E-state index contributed by atoms with van der Waals surface area (Å²) in [6.45, 7) is 3.11. The minimum atomic E-state index is -2.75. The van der Waals surface area contributed by atoms with Gasteiger partial charge in [0.1, 0.15) is 24.3 Å². The molecule has 254 valence electrons. The van der Waals surface area contributed by atoms with Crippen molar-refractivity contribution in [3.63, 3.8) is 0 Å². The zero-order valence-corrected chi connectivity index (χ0v) is 28.7. The minimum Gasteiger partial charge on any atom is -0.493 e. The first-order chi connectivity index (χ1) is 23.5. The standard InChI is InChI=1S/C34H41N6O7P/c1-42-29-15-25-27(17-31(29)44-3)35-21-37-33(25)39-11-5-7-23(9-13-39)19-46-48(41)47-20-24-8-6-12-40(14-10-24)34-26-16-30(43-2)32(45-4)18-28(26)36-22-38-34/h15-22,48H,5-14H2,1-4H3/b23-19+,24-20+. The maximum Gasteiger partial charge on any atom is 0.417 e. The van der Waals surface area contributed by atoms with Crippen LogP contribution in [0.3, 0.4) is 0 Å². The molecule has 14 heteroatoms. The van der Waals surface area contributed by atoms with Gasteiger partial charge in [-0.05, 0) is 61.8 Å². The highest BCUT2D eigenvalue weighted by Crippen LogP contribution is 2.37. The SMILES string of the molecule is COc1cc2ncnc(N3CCC/C(=C\O[PH](=O)O/C=C4\CCCN(c5ncnc6cc(OC)c(OC)cc56)CC4)CC3)c2cc1OC. The Morgan fingerprint density at radius 1 is 0.583 bits per heavy atom. The molecule has 0 spiro atoms. The van der Waals surface area contributed by atoms with E-state index in [-0.39, 0.29) is 0 Å². The van der Waals surface area contributed by atoms with Gasteiger partial charge in [-0.15, -0.1) is 0 Å². The Morgan fingerprint density at radius 3 is 1.42 bits per heavy atom. The molecular weight excluding hydrogens is 635 g/mol. The summed E-state index contributed by atoms with van der Waals surface area (Å²) in [7, 11) is 3.70. The third-order valence-corrected chi connectivity index (χ3v) is 9.36. The number of hydrogen-bond acceptors (Lipinski definition) is 13. The van der Waals surface area contributed by atoms with E-state index in [1.54, 1.807) is 53.6 Å². The van der Waals surface area contributed by atoms with Crippen LogP contribution in [0.1, 0.15) is 38.5 Å². The molecular formula is C34H41N6O7P. The van der Waals surface area contributed by atoms with E-state index in [4.69, 9.17) is 28.0 Å². The lowest BCUT2D eigenvalue weighted by atomic mass is 10.1. The number of anilines is 2. The molecule has 0 N–H and O–H groups in total. The fourth-order valence-electron chi connectivity index (χ4n) is 6.22. The van der Waals surface area contributed by atoms with Crippen molar-refractivity contribution in [2.24, 2.45) is 0 Å². The number of rotatable bonds is 10. The van der Waals surface area contributed by atoms with Crippen LogP contribution in [0.5, 0.6) is 23.0 Å². The van der Waals surface area contributed by atoms with Gasteiger partial charge >= 0.3 is 8.25 Å². The Kier molecular flexibility index (Phi) is 10.6. The number of benzene rings is 2. The Hall–Kier alpha value is -4.77. The minimum absolute atomic E-state index is 0.626. The number of aromatic nitrogens is 4. The molecule has 2 aromatic carbocycles. The van der Waals surface area contributed by atoms with Gasteiger partial charge in [-0.1, -0.05) is 0 Å². The van der Waals surface area contributed by atoms with Gasteiger partial charge in [0.05, 0.1) is 52.0 Å². The van der Waals surface area contributed by atoms with E-state index < -0.39 is 8.25 Å². The van der Waals surface area contributed by atoms with E-state index in [9.17, 15) is 4.57 Å². The van der Waals surface area contributed by atoms with Gasteiger partial charge in [0.2, 0.25) is 0 Å². The molecule has 0 unspecified atom stereocenters. The van der Waals surface area contributed by atoms with Crippen LogP contribution in [-0.2, 0) is 13.6 Å². The highest BCUT2D eigenvalue weighted by Gasteiger charge is 2.20. The van der Waals surface area contributed by atoms with Gasteiger partial charge in [-0.3, -0.25) is 0 Å². The fourth-order valence-corrected chi connectivity index (χ4v) is 6.80. The first-order valence-electron chi connectivity index (χ1n) is 16.0. The van der Waals surface area contributed by atoms with Gasteiger partial charge in [-0.2, -0.15) is 0 Å². The normalized spacial score (nSPS) is 17.4. The van der Waals surface area contributed by atoms with Crippen molar-refractivity contribution in [3.8, 4) is 23.0 Å². The predicted molar refractivity (Wildman–Crippen MR) is 185 cm³/mol. The second-order valence-corrected chi connectivity index (χ2v) is 12.5. The van der Waals surface area contributed by atoms with Gasteiger partial charge in [-0.25, -0.2) is 24.5 Å². The summed E-state index contributed by atoms with van der Waals surface area (Å²) >= 11 is 0. The summed E-state index contributed by atoms with van der Waals surface area (Å²) in [5, 5.41) is 1.80. The number of nitrogens with zero attached hydrogens (tertiary/aromatic N) is 6. The molecule has 6 rings (SSSR count). The second kappa shape index (κ2) is 15.4. The average molecular weight is 677 g/mol. The summed E-state index contributed by atoms with van der Waals surface area (Å²) in [5.41, 5.74) is 3.75. The highest BCUT2D eigenvalue weighted by molar-refractivity contribution is 7.33. The molecule has 0 saturated carbocycles. The van der Waals surface area contributed by atoms with Crippen LogP contribution in [0, 0.1) is 0 Å². The van der Waals surface area contributed by atoms with Gasteiger partial charge in [0, 0.05) is 49.1 Å². The number of methoxy groups -OCH3 is 4. The molecule has 4 heterocycles. The van der Waals surface area contributed by atoms with Crippen molar-refractivity contribution < 1.29 is 32.6 Å². The van der Waals surface area contributed by atoms with E-state index in [2.05, 4.69) is 29.7 Å². The summed E-state index contributed by atoms with van der Waals surface area (Å²) in [6, 6.07) is 7.57. The van der Waals surface area contributed by atoms with E-state index in [0.717, 1.165) is 109 Å². The maximum atomic E-state index is 12.7. The molecule has 2 aromatic heterocycles. The molecule has 0 amide bonds. The number of hydrogen-bond donors (Lipinski definition) is 0. The Balaban J connectivity index is 1.04. The zero-order chi connectivity index (χ0) is 33.5. The predicted octanol–water partition coefficient (Wildman–Crippen LogP) is 6.48. The zero-order valence-electron chi connectivity index (χ0n) is 27.7. The largest absolute Gasteiger partial charge is 0.493 e. The molecule has 0 bridgehead atoms. The molecule has 0 aliphatic carbocycles. The fraction of sp³-hybridized carbons (Fsp3) is 0.412. The average Bonchev–Trinajstić information content (AvgIpc) is 3.52. The Morgan fingerprint density at radius 2 is 1.00 bits per heavy atom. The van der Waals surface area contributed by atoms with E-state index in [1.807, 2.05) is 24.3 Å². The molecule has 4 aromatic rings. The van der Waals surface area contributed by atoms with Crippen molar-refractivity contribution in [1.82, 2.24) is 19.9 Å². The maximum absolute atomic E-state index is 12.7. The van der Waals surface area contributed by atoms with Crippen molar-refractivity contribution in [2.45, 2.75) is 38.5 Å². The summed E-state index contributed by atoms with van der Waals surface area (Å²) in [5.74, 6) is 4.21. The Bertz CT molecular complexity index is 1720. The van der Waals surface area contributed by atoms with E-state index in [0.29, 0.717) is 23.0 Å². The highest BCUT2D eigenvalue weighted by atomic mass is 31.1. The van der Waals surface area contributed by atoms with Crippen LogP contribution in [0.2, 0.25) is 0 Å². The molecule has 48 heavy (non-hydrogen) atoms. The van der Waals surface area contributed by atoms with E-state index >= 15 is 0 Å². The molecule has 2 aliphatic heterocycles. The molecule has 2 fully saturated rings. The summed E-state index contributed by atoms with van der Waals surface area (Å²) in [4.78, 5) is 22.6. The van der Waals surface area contributed by atoms with Crippen molar-refractivity contribution in [3.05, 3.63) is 60.6 Å². The molecule has 0 atom stereocenters. The van der Waals surface area contributed by atoms with Crippen LogP contribution in [0.4, 0.5) is 11.6 Å². The van der Waals surface area contributed by atoms with Crippen molar-refractivity contribution >= 4 is 41.7 Å². The van der Waals surface area contributed by atoms with Crippen LogP contribution in [0.25, 0.3) is 21.8 Å². The summed E-state index contributed by atoms with van der Waals surface area (Å²) in [6.07, 6.45) is 11.4. The third kappa shape index (κ3) is 7.36. The van der Waals surface area contributed by atoms with Gasteiger partial charge in [0.25, 0.3) is 0 Å².